The second kappa shape index (κ2) is 7.65. The van der Waals surface area contributed by atoms with Crippen molar-refractivity contribution in [1.29, 1.82) is 0 Å². The first kappa shape index (κ1) is 15.4. The molecule has 2 aliphatic rings. The summed E-state index contributed by atoms with van der Waals surface area (Å²) in [6.45, 7) is 5.60. The van der Waals surface area contributed by atoms with Crippen molar-refractivity contribution in [2.24, 2.45) is 0 Å². The standard InChI is InChI=1S/C16H23N3O2S/c22-16(17-6-3-9-19-7-1-2-8-19)18-11-13-4-5-14-15(10-13)21-12-20-14/h4-5,10H,1-3,6-9,11-12H2,(H2,17,18,22). The molecule has 0 atom stereocenters. The molecule has 0 saturated carbocycles. The third-order valence-corrected chi connectivity index (χ3v) is 4.31. The molecule has 0 unspecified atom stereocenters. The molecule has 6 heteroatoms. The maximum Gasteiger partial charge on any atom is 0.231 e. The third kappa shape index (κ3) is 4.24. The quantitative estimate of drug-likeness (QED) is 0.616. The van der Waals surface area contributed by atoms with Crippen LogP contribution in [0.2, 0.25) is 0 Å². The van der Waals surface area contributed by atoms with Crippen LogP contribution in [-0.2, 0) is 6.54 Å². The summed E-state index contributed by atoms with van der Waals surface area (Å²) >= 11 is 5.31. The van der Waals surface area contributed by atoms with E-state index in [-0.39, 0.29) is 0 Å². The van der Waals surface area contributed by atoms with Gasteiger partial charge in [0, 0.05) is 13.1 Å². The molecule has 5 nitrogen and oxygen atoms in total. The predicted octanol–water partition coefficient (Wildman–Crippen LogP) is 1.87. The molecule has 1 aromatic rings. The Morgan fingerprint density at radius 2 is 1.95 bits per heavy atom. The fourth-order valence-electron chi connectivity index (χ4n) is 2.81. The Morgan fingerprint density at radius 3 is 2.82 bits per heavy atom. The summed E-state index contributed by atoms with van der Waals surface area (Å²) < 4.78 is 10.7. The second-order valence-electron chi connectivity index (χ2n) is 5.70. The van der Waals surface area contributed by atoms with Crippen molar-refractivity contribution in [1.82, 2.24) is 15.5 Å². The number of thiocarbonyl (C=S) groups is 1. The van der Waals surface area contributed by atoms with Crippen LogP contribution in [-0.4, -0.2) is 43.0 Å². The van der Waals surface area contributed by atoms with Gasteiger partial charge in [0.1, 0.15) is 0 Å². The second-order valence-corrected chi connectivity index (χ2v) is 6.11. The predicted molar refractivity (Wildman–Crippen MR) is 90.3 cm³/mol. The van der Waals surface area contributed by atoms with Crippen LogP contribution in [0.1, 0.15) is 24.8 Å². The van der Waals surface area contributed by atoms with E-state index < -0.39 is 0 Å². The average molecular weight is 321 g/mol. The van der Waals surface area contributed by atoms with Crippen LogP contribution in [0.5, 0.6) is 11.5 Å². The van der Waals surface area contributed by atoms with Gasteiger partial charge in [-0.25, -0.2) is 0 Å². The highest BCUT2D eigenvalue weighted by Crippen LogP contribution is 2.32. The topological polar surface area (TPSA) is 45.8 Å². The largest absolute Gasteiger partial charge is 0.454 e. The van der Waals surface area contributed by atoms with Crippen LogP contribution in [0.3, 0.4) is 0 Å². The van der Waals surface area contributed by atoms with Gasteiger partial charge in [-0.3, -0.25) is 0 Å². The summed E-state index contributed by atoms with van der Waals surface area (Å²) in [5.41, 5.74) is 1.13. The first-order valence-electron chi connectivity index (χ1n) is 7.94. The van der Waals surface area contributed by atoms with Gasteiger partial charge in [-0.05, 0) is 68.8 Å². The fraction of sp³-hybridized carbons (Fsp3) is 0.562. The maximum atomic E-state index is 5.37. The van der Waals surface area contributed by atoms with Gasteiger partial charge >= 0.3 is 0 Å². The smallest absolute Gasteiger partial charge is 0.231 e. The lowest BCUT2D eigenvalue weighted by Gasteiger charge is -2.15. The van der Waals surface area contributed by atoms with Crippen molar-refractivity contribution in [3.63, 3.8) is 0 Å². The molecule has 2 N–H and O–H groups in total. The summed E-state index contributed by atoms with van der Waals surface area (Å²) in [5, 5.41) is 7.20. The average Bonchev–Trinajstić information content (AvgIpc) is 3.20. The van der Waals surface area contributed by atoms with Gasteiger partial charge in [-0.2, -0.15) is 0 Å². The molecule has 1 aromatic carbocycles. The number of likely N-dealkylation sites (tertiary alicyclic amines) is 1. The van der Waals surface area contributed by atoms with E-state index in [0.717, 1.165) is 36.6 Å². The van der Waals surface area contributed by atoms with Gasteiger partial charge in [0.05, 0.1) is 0 Å². The van der Waals surface area contributed by atoms with Gasteiger partial charge in [0.25, 0.3) is 0 Å². The first-order valence-corrected chi connectivity index (χ1v) is 8.35. The number of fused-ring (bicyclic) bond motifs is 1. The van der Waals surface area contributed by atoms with Crippen molar-refractivity contribution >= 4 is 17.3 Å². The number of nitrogens with zero attached hydrogens (tertiary/aromatic N) is 1. The molecule has 22 heavy (non-hydrogen) atoms. The Kier molecular flexibility index (Phi) is 5.34. The normalized spacial score (nSPS) is 16.7. The highest BCUT2D eigenvalue weighted by atomic mass is 32.1. The Morgan fingerprint density at radius 1 is 1.14 bits per heavy atom. The Labute approximate surface area is 137 Å². The Hall–Kier alpha value is -1.53. The molecule has 0 aliphatic carbocycles. The summed E-state index contributed by atoms with van der Waals surface area (Å²) in [6, 6.07) is 5.95. The molecule has 1 saturated heterocycles. The number of ether oxygens (including phenoxy) is 2. The van der Waals surface area contributed by atoms with Crippen molar-refractivity contribution < 1.29 is 9.47 Å². The van der Waals surface area contributed by atoms with Crippen LogP contribution >= 0.6 is 12.2 Å². The van der Waals surface area contributed by atoms with E-state index in [9.17, 15) is 0 Å². The fourth-order valence-corrected chi connectivity index (χ4v) is 2.98. The molecule has 2 aliphatic heterocycles. The lowest BCUT2D eigenvalue weighted by Crippen LogP contribution is -2.36. The number of benzene rings is 1. The summed E-state index contributed by atoms with van der Waals surface area (Å²) in [7, 11) is 0. The highest BCUT2D eigenvalue weighted by molar-refractivity contribution is 7.80. The van der Waals surface area contributed by atoms with Crippen LogP contribution in [0.4, 0.5) is 0 Å². The molecular weight excluding hydrogens is 298 g/mol. The van der Waals surface area contributed by atoms with Crippen molar-refractivity contribution in [2.75, 3.05) is 33.0 Å². The van der Waals surface area contributed by atoms with E-state index in [2.05, 4.69) is 15.5 Å². The molecule has 1 fully saturated rings. The van der Waals surface area contributed by atoms with Crippen molar-refractivity contribution in [2.45, 2.75) is 25.8 Å². The van der Waals surface area contributed by atoms with E-state index in [1.165, 1.54) is 25.9 Å². The first-order chi connectivity index (χ1) is 10.8. The van der Waals surface area contributed by atoms with E-state index in [4.69, 9.17) is 21.7 Å². The zero-order chi connectivity index (χ0) is 15.2. The molecule has 0 radical (unpaired) electrons. The molecule has 2 heterocycles. The zero-order valence-corrected chi connectivity index (χ0v) is 13.6. The molecule has 3 rings (SSSR count). The third-order valence-electron chi connectivity index (χ3n) is 4.03. The Bertz CT molecular complexity index is 518. The minimum Gasteiger partial charge on any atom is -0.454 e. The van der Waals surface area contributed by atoms with E-state index >= 15 is 0 Å². The van der Waals surface area contributed by atoms with Gasteiger partial charge in [-0.15, -0.1) is 0 Å². The summed E-state index contributed by atoms with van der Waals surface area (Å²) in [5.74, 6) is 1.62. The molecular formula is C16H23N3O2S. The van der Waals surface area contributed by atoms with Gasteiger partial charge in [0.15, 0.2) is 16.6 Å². The van der Waals surface area contributed by atoms with Gasteiger partial charge in [-0.1, -0.05) is 6.07 Å². The number of hydrogen-bond donors (Lipinski definition) is 2. The van der Waals surface area contributed by atoms with Crippen LogP contribution < -0.4 is 20.1 Å². The maximum absolute atomic E-state index is 5.37. The number of rotatable bonds is 6. The van der Waals surface area contributed by atoms with Gasteiger partial charge in [0.2, 0.25) is 6.79 Å². The molecule has 0 spiro atoms. The lowest BCUT2D eigenvalue weighted by molar-refractivity contribution is 0.174. The number of hydrogen-bond acceptors (Lipinski definition) is 4. The summed E-state index contributed by atoms with van der Waals surface area (Å²) in [4.78, 5) is 2.52. The minimum absolute atomic E-state index is 0.309. The van der Waals surface area contributed by atoms with Crippen LogP contribution in [0.25, 0.3) is 0 Å². The van der Waals surface area contributed by atoms with Crippen LogP contribution in [0, 0.1) is 0 Å². The zero-order valence-electron chi connectivity index (χ0n) is 12.8. The minimum atomic E-state index is 0.309. The molecule has 0 aromatic heterocycles. The molecule has 120 valence electrons. The Balaban J connectivity index is 1.32. The monoisotopic (exact) mass is 321 g/mol. The number of nitrogens with one attached hydrogen (secondary N) is 2. The van der Waals surface area contributed by atoms with E-state index in [0.29, 0.717) is 18.5 Å². The highest BCUT2D eigenvalue weighted by Gasteiger charge is 2.13. The van der Waals surface area contributed by atoms with Crippen molar-refractivity contribution in [3.8, 4) is 11.5 Å². The van der Waals surface area contributed by atoms with E-state index in [1.54, 1.807) is 0 Å². The molecule has 0 bridgehead atoms. The van der Waals surface area contributed by atoms with Crippen LogP contribution in [0.15, 0.2) is 18.2 Å². The SMILES string of the molecule is S=C(NCCCN1CCCC1)NCc1ccc2c(c1)OCO2. The van der Waals surface area contributed by atoms with E-state index in [1.807, 2.05) is 18.2 Å². The van der Waals surface area contributed by atoms with Gasteiger partial charge < -0.3 is 25.0 Å². The molecule has 0 amide bonds. The van der Waals surface area contributed by atoms with Crippen molar-refractivity contribution in [3.05, 3.63) is 23.8 Å². The summed E-state index contributed by atoms with van der Waals surface area (Å²) in [6.07, 6.45) is 3.83. The lowest BCUT2D eigenvalue weighted by atomic mass is 10.2.